The van der Waals surface area contributed by atoms with Crippen LogP contribution in [0.2, 0.25) is 0 Å². The van der Waals surface area contributed by atoms with Gasteiger partial charge in [-0.25, -0.2) is 4.98 Å². The molecule has 0 spiro atoms. The summed E-state index contributed by atoms with van der Waals surface area (Å²) in [6.07, 6.45) is -3.60. The van der Waals surface area contributed by atoms with Gasteiger partial charge < -0.3 is 55.0 Å². The van der Waals surface area contributed by atoms with Crippen LogP contribution >= 0.6 is 0 Å². The van der Waals surface area contributed by atoms with Gasteiger partial charge in [-0.3, -0.25) is 9.59 Å². The molecule has 2 aliphatic heterocycles. The van der Waals surface area contributed by atoms with Gasteiger partial charge in [0.1, 0.15) is 42.3 Å². The van der Waals surface area contributed by atoms with Gasteiger partial charge in [0.2, 0.25) is 0 Å². The second kappa shape index (κ2) is 10.1. The fourth-order valence-electron chi connectivity index (χ4n) is 4.20. The Morgan fingerprint density at radius 3 is 1.86 bits per heavy atom. The van der Waals surface area contributed by atoms with E-state index >= 15 is 0 Å². The molecule has 1 aromatic rings. The Labute approximate surface area is 199 Å². The number of H-pyrrole nitrogens is 1. The Morgan fingerprint density at radius 1 is 0.914 bits per heavy atom. The molecule has 194 valence electrons. The lowest BCUT2D eigenvalue weighted by molar-refractivity contribution is -0.0546. The summed E-state index contributed by atoms with van der Waals surface area (Å²) >= 11 is 0. The number of ether oxygens (including phenoxy) is 4. The number of amides is 2. The van der Waals surface area contributed by atoms with Gasteiger partial charge in [-0.05, 0) is 25.7 Å². The third kappa shape index (κ3) is 5.20. The molecule has 4 aliphatic rings. The van der Waals surface area contributed by atoms with Crippen LogP contribution in [0.4, 0.5) is 0 Å². The van der Waals surface area contributed by atoms with E-state index in [4.69, 9.17) is 18.9 Å². The van der Waals surface area contributed by atoms with Crippen LogP contribution in [0.1, 0.15) is 46.7 Å². The molecule has 2 aliphatic carbocycles. The minimum Gasteiger partial charge on any atom is -0.394 e. The molecule has 2 saturated carbocycles. The van der Waals surface area contributed by atoms with Crippen molar-refractivity contribution in [1.82, 2.24) is 20.6 Å². The molecule has 3 heterocycles. The summed E-state index contributed by atoms with van der Waals surface area (Å²) in [4.78, 5) is 32.5. The van der Waals surface area contributed by atoms with E-state index in [1.165, 1.54) is 6.33 Å². The van der Waals surface area contributed by atoms with E-state index in [0.717, 1.165) is 25.7 Å². The summed E-state index contributed by atoms with van der Waals surface area (Å²) < 4.78 is 22.6. The Bertz CT molecular complexity index is 851. The van der Waals surface area contributed by atoms with Gasteiger partial charge in [0, 0.05) is 0 Å². The molecule has 1 aromatic heterocycles. The van der Waals surface area contributed by atoms with Crippen LogP contribution in [0.15, 0.2) is 6.33 Å². The molecule has 4 fully saturated rings. The van der Waals surface area contributed by atoms with E-state index in [1.807, 2.05) is 0 Å². The van der Waals surface area contributed by atoms with Crippen LogP contribution in [-0.4, -0.2) is 117 Å². The predicted molar refractivity (Wildman–Crippen MR) is 113 cm³/mol. The maximum atomic E-state index is 13.0. The van der Waals surface area contributed by atoms with Gasteiger partial charge in [-0.1, -0.05) is 0 Å². The number of imidazole rings is 1. The van der Waals surface area contributed by atoms with Crippen LogP contribution in [0.3, 0.4) is 0 Å². The summed E-state index contributed by atoms with van der Waals surface area (Å²) in [5.41, 5.74) is -0.412. The monoisotopic (exact) mass is 498 g/mol. The van der Waals surface area contributed by atoms with Gasteiger partial charge in [0.25, 0.3) is 11.8 Å². The molecule has 14 heteroatoms. The van der Waals surface area contributed by atoms with E-state index in [0.29, 0.717) is 0 Å². The molecule has 0 radical (unpaired) electrons. The smallest absolute Gasteiger partial charge is 0.274 e. The zero-order chi connectivity index (χ0) is 24.7. The molecule has 14 nitrogen and oxygen atoms in total. The zero-order valence-corrected chi connectivity index (χ0v) is 18.8. The van der Waals surface area contributed by atoms with Crippen molar-refractivity contribution in [3.8, 4) is 0 Å². The molecular formula is C21H30N4O10. The molecule has 8 atom stereocenters. The fraction of sp³-hybridized carbons (Fsp3) is 0.762. The molecule has 2 amide bonds. The molecule has 0 aromatic carbocycles. The number of carbonyl (C=O) groups excluding carboxylic acids is 2. The Kier molecular flexibility index (Phi) is 7.05. The van der Waals surface area contributed by atoms with Gasteiger partial charge in [-0.15, -0.1) is 0 Å². The number of hydrogen-bond donors (Lipinski definition) is 7. The lowest BCUT2D eigenvalue weighted by Crippen LogP contribution is -2.47. The van der Waals surface area contributed by atoms with E-state index < -0.39 is 74.1 Å². The number of aromatic amines is 1. The minimum atomic E-state index is -1.14. The van der Waals surface area contributed by atoms with Gasteiger partial charge in [-0.2, -0.15) is 0 Å². The molecule has 0 unspecified atom stereocenters. The van der Waals surface area contributed by atoms with Crippen molar-refractivity contribution >= 4 is 11.8 Å². The highest BCUT2D eigenvalue weighted by Gasteiger charge is 2.49. The van der Waals surface area contributed by atoms with Crippen molar-refractivity contribution in [1.29, 1.82) is 0 Å². The van der Waals surface area contributed by atoms with Crippen molar-refractivity contribution in [3.05, 3.63) is 17.7 Å². The molecular weight excluding hydrogens is 468 g/mol. The number of nitrogens with zero attached hydrogens (tertiary/aromatic N) is 1. The SMILES string of the molecule is O=C(N[C@@H]1O[C@H](CO)[C@@H](O)[C@H]1OC1CC1)c1nc[nH]c1C(=O)N[C@@H]1O[C@H](CO)[C@@H](O)[C@H]1OC1CC1. The number of hydrogen-bond acceptors (Lipinski definition) is 11. The van der Waals surface area contributed by atoms with Crippen LogP contribution in [0.25, 0.3) is 0 Å². The van der Waals surface area contributed by atoms with Crippen molar-refractivity contribution in [2.45, 2.75) is 87.0 Å². The standard InChI is InChI=1S/C21H30N4O10/c26-5-10-14(28)16(32-8-1-2-8)20(34-10)24-18(30)12-13(23-7-22-12)19(31)25-21-17(33-9-3-4-9)15(29)11(6-27)35-21/h7-11,14-17,20-21,26-29H,1-6H2,(H,22,23)(H,24,30)(H,25,31)/t10-,11-,14-,15-,16-,17-,20-,21-/m1/s1. The average Bonchev–Trinajstić information content (AvgIpc) is 3.74. The van der Waals surface area contributed by atoms with E-state index in [9.17, 15) is 30.0 Å². The fourth-order valence-corrected chi connectivity index (χ4v) is 4.20. The van der Waals surface area contributed by atoms with E-state index in [-0.39, 0.29) is 23.6 Å². The highest BCUT2D eigenvalue weighted by molar-refractivity contribution is 6.04. The van der Waals surface area contributed by atoms with E-state index in [2.05, 4.69) is 20.6 Å². The highest BCUT2D eigenvalue weighted by Crippen LogP contribution is 2.32. The Morgan fingerprint density at radius 2 is 1.40 bits per heavy atom. The van der Waals surface area contributed by atoms with E-state index in [1.54, 1.807) is 0 Å². The molecule has 7 N–H and O–H groups in total. The summed E-state index contributed by atoms with van der Waals surface area (Å²) in [6, 6.07) is 0. The van der Waals surface area contributed by atoms with Crippen LogP contribution in [0, 0.1) is 0 Å². The summed E-state index contributed by atoms with van der Waals surface area (Å²) in [6.45, 7) is -0.914. The largest absolute Gasteiger partial charge is 0.394 e. The number of aliphatic hydroxyl groups is 4. The number of aliphatic hydroxyl groups excluding tert-OH is 4. The summed E-state index contributed by atoms with van der Waals surface area (Å²) in [5.74, 6) is -1.50. The Balaban J connectivity index is 1.25. The van der Waals surface area contributed by atoms with Gasteiger partial charge in [0.15, 0.2) is 18.1 Å². The first-order chi connectivity index (χ1) is 16.9. The summed E-state index contributed by atoms with van der Waals surface area (Å²) in [7, 11) is 0. The second-order valence-corrected chi connectivity index (χ2v) is 9.21. The quantitative estimate of drug-likeness (QED) is 0.174. The normalized spacial score (nSPS) is 36.9. The lowest BCUT2D eigenvalue weighted by Gasteiger charge is -2.22. The van der Waals surface area contributed by atoms with Gasteiger partial charge >= 0.3 is 0 Å². The van der Waals surface area contributed by atoms with Gasteiger partial charge in [0.05, 0.1) is 31.7 Å². The highest BCUT2D eigenvalue weighted by atomic mass is 16.6. The minimum absolute atomic E-state index is 0.0427. The van der Waals surface area contributed by atoms with Crippen LogP contribution in [0.5, 0.6) is 0 Å². The first kappa shape index (κ1) is 24.5. The number of carbonyl (C=O) groups is 2. The third-order valence-electron chi connectivity index (χ3n) is 6.41. The first-order valence-corrected chi connectivity index (χ1v) is 11.7. The maximum absolute atomic E-state index is 13.0. The van der Waals surface area contributed by atoms with Crippen molar-refractivity contribution < 1.29 is 49.0 Å². The molecule has 0 bridgehead atoms. The topological polar surface area (TPSA) is 205 Å². The number of nitrogens with one attached hydrogen (secondary N) is 3. The van der Waals surface area contributed by atoms with Crippen LogP contribution in [-0.2, 0) is 18.9 Å². The third-order valence-corrected chi connectivity index (χ3v) is 6.41. The molecule has 35 heavy (non-hydrogen) atoms. The van der Waals surface area contributed by atoms with Crippen LogP contribution < -0.4 is 10.6 Å². The molecule has 2 saturated heterocycles. The zero-order valence-electron chi connectivity index (χ0n) is 18.8. The van der Waals surface area contributed by atoms with Crippen molar-refractivity contribution in [2.24, 2.45) is 0 Å². The average molecular weight is 498 g/mol. The first-order valence-electron chi connectivity index (χ1n) is 11.7. The maximum Gasteiger partial charge on any atom is 0.274 e. The second-order valence-electron chi connectivity index (χ2n) is 9.21. The Hall–Kier alpha value is -2.17. The number of rotatable bonds is 10. The number of aromatic nitrogens is 2. The van der Waals surface area contributed by atoms with Crippen molar-refractivity contribution in [3.63, 3.8) is 0 Å². The predicted octanol–water partition coefficient (Wildman–Crippen LogP) is -2.88. The van der Waals surface area contributed by atoms with Crippen molar-refractivity contribution in [2.75, 3.05) is 13.2 Å². The molecule has 5 rings (SSSR count). The summed E-state index contributed by atoms with van der Waals surface area (Å²) in [5, 5.41) is 44.8. The lowest BCUT2D eigenvalue weighted by atomic mass is 10.1.